The number of hydrogen-bond acceptors (Lipinski definition) is 2. The van der Waals surface area contributed by atoms with Gasteiger partial charge in [-0.2, -0.15) is 0 Å². The zero-order chi connectivity index (χ0) is 11.0. The van der Waals surface area contributed by atoms with Gasteiger partial charge in [0, 0.05) is 10.6 Å². The van der Waals surface area contributed by atoms with Crippen LogP contribution in [-0.2, 0) is 0 Å². The first kappa shape index (κ1) is 9.28. The number of para-hydroxylation sites is 1. The summed E-state index contributed by atoms with van der Waals surface area (Å²) in [5, 5.41) is 2.25. The van der Waals surface area contributed by atoms with Crippen LogP contribution in [0.25, 0.3) is 23.1 Å². The van der Waals surface area contributed by atoms with E-state index in [2.05, 4.69) is 30.4 Å². The van der Waals surface area contributed by atoms with Crippen LogP contribution < -0.4 is 15.4 Å². The van der Waals surface area contributed by atoms with E-state index in [1.165, 1.54) is 0 Å². The highest BCUT2D eigenvalue weighted by atomic mass is 16.5. The van der Waals surface area contributed by atoms with Gasteiger partial charge in [-0.05, 0) is 18.6 Å². The molecule has 1 aromatic carbocycles. The highest BCUT2D eigenvalue weighted by molar-refractivity contribution is 5.85. The second kappa shape index (κ2) is 3.56. The Kier molecular flexibility index (Phi) is 2.07. The Labute approximate surface area is 93.1 Å². The number of benzene rings is 1. The van der Waals surface area contributed by atoms with Crippen molar-refractivity contribution in [2.75, 3.05) is 7.11 Å². The quantitative estimate of drug-likeness (QED) is 0.721. The Morgan fingerprint density at radius 3 is 3.12 bits per heavy atom. The molecule has 0 bridgehead atoms. The molecule has 2 heteroatoms. The summed E-state index contributed by atoms with van der Waals surface area (Å²) < 4.78 is 11.1. The third kappa shape index (κ3) is 1.27. The minimum Gasteiger partial charge on any atom is -0.493 e. The van der Waals surface area contributed by atoms with Gasteiger partial charge in [0.15, 0.2) is 11.3 Å². The molecule has 0 amide bonds. The lowest BCUT2D eigenvalue weighted by Crippen LogP contribution is -2.18. The number of allylic oxidation sites excluding steroid dienone is 2. The van der Waals surface area contributed by atoms with Crippen molar-refractivity contribution < 1.29 is 9.15 Å². The second-order valence-electron chi connectivity index (χ2n) is 3.75. The predicted molar refractivity (Wildman–Crippen MR) is 64.7 cm³/mol. The third-order valence-electron chi connectivity index (χ3n) is 2.80. The molecule has 1 heterocycles. The fourth-order valence-electron chi connectivity index (χ4n) is 2.03. The topological polar surface area (TPSA) is 22.4 Å². The van der Waals surface area contributed by atoms with Crippen molar-refractivity contribution in [3.63, 3.8) is 0 Å². The maximum atomic E-state index is 5.84. The van der Waals surface area contributed by atoms with Crippen molar-refractivity contribution in [1.29, 1.82) is 0 Å². The van der Waals surface area contributed by atoms with Crippen LogP contribution in [0.1, 0.15) is 6.42 Å². The maximum Gasteiger partial charge on any atom is 0.177 e. The molecule has 0 radical (unpaired) electrons. The first-order valence-corrected chi connectivity index (χ1v) is 5.33. The molecule has 0 N–H and O–H groups in total. The molecule has 0 atom stereocenters. The first-order valence-electron chi connectivity index (χ1n) is 5.33. The van der Waals surface area contributed by atoms with Crippen molar-refractivity contribution in [1.82, 2.24) is 0 Å². The van der Waals surface area contributed by atoms with Crippen LogP contribution in [0.3, 0.4) is 0 Å². The molecule has 2 nitrogen and oxygen atoms in total. The van der Waals surface area contributed by atoms with Gasteiger partial charge in [0.2, 0.25) is 0 Å². The standard InChI is InChI=1S/C14H12O2/c1-15-13-9-5-7-11-10-6-3-2-4-8-12(10)16-14(11)13/h2-3,5-9H,4H2,1H3. The molecule has 3 rings (SSSR count). The lowest BCUT2D eigenvalue weighted by molar-refractivity contribution is 0.408. The monoisotopic (exact) mass is 212 g/mol. The summed E-state index contributed by atoms with van der Waals surface area (Å²) in [6.07, 6.45) is 9.27. The summed E-state index contributed by atoms with van der Waals surface area (Å²) >= 11 is 0. The van der Waals surface area contributed by atoms with Gasteiger partial charge in [-0.3, -0.25) is 0 Å². The molecule has 2 aromatic rings. The van der Waals surface area contributed by atoms with Crippen molar-refractivity contribution in [3.05, 3.63) is 41.0 Å². The molecule has 0 spiro atoms. The fourth-order valence-corrected chi connectivity index (χ4v) is 2.03. The highest BCUT2D eigenvalue weighted by Crippen LogP contribution is 2.22. The molecule has 0 aliphatic heterocycles. The fraction of sp³-hybridized carbons (Fsp3) is 0.143. The molecule has 1 aliphatic carbocycles. The van der Waals surface area contributed by atoms with Gasteiger partial charge in [-0.1, -0.05) is 30.4 Å². The van der Waals surface area contributed by atoms with E-state index in [0.717, 1.165) is 33.8 Å². The normalized spacial score (nSPS) is 13.8. The smallest absolute Gasteiger partial charge is 0.177 e. The van der Waals surface area contributed by atoms with E-state index in [1.807, 2.05) is 12.1 Å². The average molecular weight is 212 g/mol. The van der Waals surface area contributed by atoms with Crippen molar-refractivity contribution in [3.8, 4) is 5.75 Å². The van der Waals surface area contributed by atoms with E-state index < -0.39 is 0 Å². The minimum atomic E-state index is 0.788. The number of fused-ring (bicyclic) bond motifs is 3. The Hall–Kier alpha value is -1.96. The van der Waals surface area contributed by atoms with Crippen LogP contribution in [-0.4, -0.2) is 7.11 Å². The molecule has 0 saturated heterocycles. The van der Waals surface area contributed by atoms with Crippen LogP contribution in [0.4, 0.5) is 0 Å². The number of ether oxygens (including phenoxy) is 1. The summed E-state index contributed by atoms with van der Waals surface area (Å²) in [5.41, 5.74) is 1.77. The zero-order valence-electron chi connectivity index (χ0n) is 9.07. The Morgan fingerprint density at radius 2 is 2.25 bits per heavy atom. The van der Waals surface area contributed by atoms with Crippen LogP contribution in [0.15, 0.2) is 34.8 Å². The van der Waals surface area contributed by atoms with E-state index in [9.17, 15) is 0 Å². The molecule has 0 unspecified atom stereocenters. The van der Waals surface area contributed by atoms with Gasteiger partial charge < -0.3 is 9.15 Å². The Balaban J connectivity index is 2.51. The Bertz CT molecular complexity index is 675. The summed E-state index contributed by atoms with van der Waals surface area (Å²) in [6, 6.07) is 5.96. The second-order valence-corrected chi connectivity index (χ2v) is 3.75. The number of furan rings is 1. The summed E-state index contributed by atoms with van der Waals surface area (Å²) in [4.78, 5) is 0. The van der Waals surface area contributed by atoms with Crippen LogP contribution >= 0.6 is 0 Å². The van der Waals surface area contributed by atoms with Gasteiger partial charge in [0.1, 0.15) is 5.42 Å². The molecular formula is C14H12O2. The third-order valence-corrected chi connectivity index (χ3v) is 2.80. The van der Waals surface area contributed by atoms with E-state index in [0.29, 0.717) is 0 Å². The summed E-state index contributed by atoms with van der Waals surface area (Å²) in [5.74, 6) is 0.788. The number of methoxy groups -OCH3 is 1. The lowest BCUT2D eigenvalue weighted by Gasteiger charge is -1.98. The summed E-state index contributed by atoms with van der Waals surface area (Å²) in [7, 11) is 1.66. The number of hydrogen-bond donors (Lipinski definition) is 0. The molecule has 16 heavy (non-hydrogen) atoms. The Morgan fingerprint density at radius 1 is 1.31 bits per heavy atom. The van der Waals surface area contributed by atoms with Crippen LogP contribution in [0, 0.1) is 0 Å². The van der Waals surface area contributed by atoms with Crippen LogP contribution in [0.5, 0.6) is 5.75 Å². The van der Waals surface area contributed by atoms with Crippen LogP contribution in [0.2, 0.25) is 0 Å². The van der Waals surface area contributed by atoms with Gasteiger partial charge in [0.05, 0.1) is 7.11 Å². The van der Waals surface area contributed by atoms with E-state index in [1.54, 1.807) is 7.11 Å². The van der Waals surface area contributed by atoms with Crippen molar-refractivity contribution >= 4 is 23.1 Å². The van der Waals surface area contributed by atoms with E-state index >= 15 is 0 Å². The van der Waals surface area contributed by atoms with Crippen molar-refractivity contribution in [2.24, 2.45) is 0 Å². The molecule has 0 saturated carbocycles. The molecule has 80 valence electrons. The SMILES string of the molecule is COc1cccc2c3c(oc12)=CCC=CC=3. The van der Waals surface area contributed by atoms with Gasteiger partial charge in [-0.15, -0.1) is 0 Å². The lowest BCUT2D eigenvalue weighted by atomic mass is 10.2. The average Bonchev–Trinajstić information content (AvgIpc) is 2.52. The molecular weight excluding hydrogens is 200 g/mol. The zero-order valence-corrected chi connectivity index (χ0v) is 9.07. The molecule has 1 aliphatic rings. The van der Waals surface area contributed by atoms with E-state index in [-0.39, 0.29) is 0 Å². The van der Waals surface area contributed by atoms with E-state index in [4.69, 9.17) is 9.15 Å². The molecule has 1 aromatic heterocycles. The highest BCUT2D eigenvalue weighted by Gasteiger charge is 2.07. The number of rotatable bonds is 1. The van der Waals surface area contributed by atoms with Crippen molar-refractivity contribution in [2.45, 2.75) is 6.42 Å². The predicted octanol–water partition coefficient (Wildman–Crippen LogP) is 1.96. The minimum absolute atomic E-state index is 0.788. The van der Waals surface area contributed by atoms with Gasteiger partial charge in [0.25, 0.3) is 0 Å². The molecule has 0 fully saturated rings. The largest absolute Gasteiger partial charge is 0.493 e. The first-order chi connectivity index (χ1) is 7.90. The maximum absolute atomic E-state index is 5.84. The van der Waals surface area contributed by atoms with Gasteiger partial charge in [-0.25, -0.2) is 0 Å². The van der Waals surface area contributed by atoms with Gasteiger partial charge >= 0.3 is 0 Å². The summed E-state index contributed by atoms with van der Waals surface area (Å²) in [6.45, 7) is 0.